The quantitative estimate of drug-likeness (QED) is 0.137. The third-order valence-corrected chi connectivity index (χ3v) is 10.1. The van der Waals surface area contributed by atoms with E-state index in [0.717, 1.165) is 41.5 Å². The third-order valence-electron chi connectivity index (χ3n) is 10.1. The topological polar surface area (TPSA) is 133 Å². The van der Waals surface area contributed by atoms with Gasteiger partial charge in [-0.2, -0.15) is 26.3 Å². The Labute approximate surface area is 335 Å². The first kappa shape index (κ1) is 48.6. The number of hydrogen-bond acceptors (Lipinski definition) is 9. The van der Waals surface area contributed by atoms with Gasteiger partial charge in [-0.25, -0.2) is 9.59 Å². The first-order valence-corrected chi connectivity index (χ1v) is 19.6. The number of esters is 1. The molecule has 0 aromatic carbocycles. The Balaban J connectivity index is 0.000000311. The minimum absolute atomic E-state index is 0.00958. The average molecular weight is 837 g/mol. The first-order valence-electron chi connectivity index (χ1n) is 19.6. The number of aromatic nitrogens is 2. The van der Waals surface area contributed by atoms with Crippen molar-refractivity contribution in [3.8, 4) is 0 Å². The zero-order valence-electron chi connectivity index (χ0n) is 34.3. The summed E-state index contributed by atoms with van der Waals surface area (Å²) in [6.45, 7) is 14.3. The van der Waals surface area contributed by atoms with Crippen LogP contribution in [0.3, 0.4) is 0 Å². The monoisotopic (exact) mass is 836 g/mol. The Morgan fingerprint density at radius 2 is 1.10 bits per heavy atom. The van der Waals surface area contributed by atoms with Gasteiger partial charge in [0.05, 0.1) is 30.9 Å². The number of hydrogen-bond donors (Lipinski definition) is 1. The molecule has 58 heavy (non-hydrogen) atoms. The van der Waals surface area contributed by atoms with Gasteiger partial charge in [0, 0.05) is 89.9 Å². The van der Waals surface area contributed by atoms with E-state index in [1.165, 1.54) is 6.20 Å². The number of halogens is 6. The highest BCUT2D eigenvalue weighted by Gasteiger charge is 2.38. The van der Waals surface area contributed by atoms with E-state index in [-0.39, 0.29) is 48.8 Å². The summed E-state index contributed by atoms with van der Waals surface area (Å²) in [7, 11) is 3.23. The van der Waals surface area contributed by atoms with Gasteiger partial charge >= 0.3 is 24.3 Å². The van der Waals surface area contributed by atoms with Crippen LogP contribution in [-0.2, 0) is 49.0 Å². The van der Waals surface area contributed by atoms with Crippen molar-refractivity contribution < 1.29 is 55.2 Å². The Morgan fingerprint density at radius 3 is 1.43 bits per heavy atom. The van der Waals surface area contributed by atoms with E-state index in [1.54, 1.807) is 35.0 Å². The molecular weight excluding hydrogens is 778 g/mol. The number of methoxy groups -OCH3 is 2. The minimum atomic E-state index is -4.67. The van der Waals surface area contributed by atoms with Crippen molar-refractivity contribution in [2.75, 3.05) is 73.3 Å². The SMILES string of the molecule is CCOC(=O)C(CC(C)C)n1cc(CCN2CC(COC)C2)c(C(F)(F)F)cc1=O.COCC1CN(CCc2cn(C(CC(C)C)C(=O)O)c(=O)cc2C(F)(F)F)C1. The van der Waals surface area contributed by atoms with Crippen LogP contribution in [0, 0.1) is 23.7 Å². The maximum absolute atomic E-state index is 13.6. The fourth-order valence-electron chi connectivity index (χ4n) is 7.34. The van der Waals surface area contributed by atoms with E-state index < -0.39 is 58.6 Å². The van der Waals surface area contributed by atoms with Crippen LogP contribution < -0.4 is 11.1 Å². The number of ether oxygens (including phenoxy) is 3. The zero-order chi connectivity index (χ0) is 43.5. The van der Waals surface area contributed by atoms with Crippen LogP contribution in [0.25, 0.3) is 0 Å². The first-order chi connectivity index (χ1) is 27.1. The van der Waals surface area contributed by atoms with Crippen LogP contribution in [0.4, 0.5) is 26.3 Å². The molecule has 328 valence electrons. The maximum atomic E-state index is 13.6. The van der Waals surface area contributed by atoms with E-state index >= 15 is 0 Å². The second-order valence-electron chi connectivity index (χ2n) is 16.0. The van der Waals surface area contributed by atoms with Gasteiger partial charge in [0.1, 0.15) is 12.1 Å². The lowest BCUT2D eigenvalue weighted by atomic mass is 9.99. The van der Waals surface area contributed by atoms with Gasteiger partial charge < -0.3 is 38.3 Å². The molecule has 2 saturated heterocycles. The van der Waals surface area contributed by atoms with Crippen LogP contribution in [0.2, 0.25) is 0 Å². The number of aliphatic carboxylic acids is 1. The van der Waals surface area contributed by atoms with Crippen molar-refractivity contribution in [1.82, 2.24) is 18.9 Å². The molecule has 18 heteroatoms. The van der Waals surface area contributed by atoms with Crippen molar-refractivity contribution in [1.29, 1.82) is 0 Å². The molecule has 0 aliphatic carbocycles. The summed E-state index contributed by atoms with van der Waals surface area (Å²) in [4.78, 5) is 52.9. The molecule has 2 aromatic heterocycles. The van der Waals surface area contributed by atoms with Crippen molar-refractivity contribution in [2.24, 2.45) is 23.7 Å². The summed E-state index contributed by atoms with van der Waals surface area (Å²) in [6.07, 6.45) is -6.36. The van der Waals surface area contributed by atoms with Gasteiger partial charge in [-0.05, 0) is 55.6 Å². The lowest BCUT2D eigenvalue weighted by molar-refractivity contribution is -0.148. The molecule has 2 atom stereocenters. The van der Waals surface area contributed by atoms with Crippen molar-refractivity contribution >= 4 is 11.9 Å². The van der Waals surface area contributed by atoms with E-state index in [1.807, 2.05) is 18.7 Å². The maximum Gasteiger partial charge on any atom is 0.416 e. The number of carboxylic acid groups (broad SMARTS) is 1. The lowest BCUT2D eigenvalue weighted by Gasteiger charge is -2.39. The zero-order valence-corrected chi connectivity index (χ0v) is 34.3. The Hall–Kier alpha value is -3.74. The van der Waals surface area contributed by atoms with E-state index in [0.29, 0.717) is 56.7 Å². The molecule has 4 rings (SSSR count). The molecule has 0 saturated carbocycles. The Bertz CT molecular complexity index is 1770. The number of carboxylic acids is 1. The Morgan fingerprint density at radius 1 is 0.724 bits per heavy atom. The predicted molar refractivity (Wildman–Crippen MR) is 204 cm³/mol. The highest BCUT2D eigenvalue weighted by atomic mass is 19.4. The van der Waals surface area contributed by atoms with Gasteiger partial charge in [0.15, 0.2) is 0 Å². The number of rotatable bonds is 19. The molecule has 2 aromatic rings. The number of alkyl halides is 6. The summed E-state index contributed by atoms with van der Waals surface area (Å²) in [5, 5.41) is 9.46. The number of nitrogens with zero attached hydrogens (tertiary/aromatic N) is 4. The molecule has 1 N–H and O–H groups in total. The van der Waals surface area contributed by atoms with Crippen LogP contribution in [0.1, 0.15) is 81.8 Å². The van der Waals surface area contributed by atoms with Crippen LogP contribution in [0.15, 0.2) is 34.1 Å². The molecule has 2 aliphatic heterocycles. The number of likely N-dealkylation sites (tertiary alicyclic amines) is 2. The fourth-order valence-corrected chi connectivity index (χ4v) is 7.34. The van der Waals surface area contributed by atoms with Crippen LogP contribution in [-0.4, -0.2) is 109 Å². The molecule has 0 spiro atoms. The largest absolute Gasteiger partial charge is 0.480 e. The Kier molecular flexibility index (Phi) is 18.0. The molecule has 0 amide bonds. The number of carbonyl (C=O) groups is 2. The van der Waals surface area contributed by atoms with Gasteiger partial charge in [-0.3, -0.25) is 9.59 Å². The lowest BCUT2D eigenvalue weighted by Crippen LogP contribution is -2.49. The molecule has 4 heterocycles. The minimum Gasteiger partial charge on any atom is -0.480 e. The predicted octanol–water partition coefficient (Wildman–Crippen LogP) is 5.80. The van der Waals surface area contributed by atoms with Crippen molar-refractivity contribution in [3.63, 3.8) is 0 Å². The third kappa shape index (κ3) is 13.9. The highest BCUT2D eigenvalue weighted by Crippen LogP contribution is 2.34. The van der Waals surface area contributed by atoms with Gasteiger partial charge in [0.2, 0.25) is 0 Å². The smallest absolute Gasteiger partial charge is 0.416 e. The van der Waals surface area contributed by atoms with Crippen LogP contribution >= 0.6 is 0 Å². The highest BCUT2D eigenvalue weighted by molar-refractivity contribution is 5.74. The average Bonchev–Trinajstić information content (AvgIpc) is 3.08. The standard InChI is InChI=1S/C21H31F3N2O4.C19H27F3N2O4/c1-5-30-20(28)18(8-14(2)3)26-12-16(17(9-19(26)27)21(22,23)24)6-7-25-10-15(11-25)13-29-4;1-12(2)6-16(18(26)27)24-10-14(15(7-17(24)25)19(20,21)22)4-5-23-8-13(9-23)11-28-3/h9,12,14-15,18H,5-8,10-11,13H2,1-4H3;7,10,12-13,16H,4-6,8-9,11H2,1-3H3,(H,26,27). The molecule has 2 aliphatic rings. The summed E-state index contributed by atoms with van der Waals surface area (Å²) >= 11 is 0. The molecule has 0 radical (unpaired) electrons. The van der Waals surface area contributed by atoms with Crippen LogP contribution in [0.5, 0.6) is 0 Å². The van der Waals surface area contributed by atoms with E-state index in [4.69, 9.17) is 14.2 Å². The van der Waals surface area contributed by atoms with Crippen molar-refractivity contribution in [2.45, 2.75) is 84.7 Å². The van der Waals surface area contributed by atoms with Crippen molar-refractivity contribution in [3.05, 3.63) is 67.5 Å². The molecule has 2 unspecified atom stereocenters. The van der Waals surface area contributed by atoms with E-state index in [2.05, 4.69) is 4.90 Å². The fraction of sp³-hybridized carbons (Fsp3) is 0.700. The summed E-state index contributed by atoms with van der Waals surface area (Å²) in [5.41, 5.74) is -3.78. The van der Waals surface area contributed by atoms with Gasteiger partial charge in [0.25, 0.3) is 11.1 Å². The summed E-state index contributed by atoms with van der Waals surface area (Å²) < 4.78 is 98.2. The molecular formula is C40H58F6N4O8. The number of pyridine rings is 2. The molecule has 0 bridgehead atoms. The summed E-state index contributed by atoms with van der Waals surface area (Å²) in [5.74, 6) is -1.04. The van der Waals surface area contributed by atoms with Gasteiger partial charge in [-0.15, -0.1) is 0 Å². The molecule has 12 nitrogen and oxygen atoms in total. The molecule has 2 fully saturated rings. The van der Waals surface area contributed by atoms with E-state index in [9.17, 15) is 50.6 Å². The summed E-state index contributed by atoms with van der Waals surface area (Å²) in [6, 6.07) is -1.02. The second-order valence-corrected chi connectivity index (χ2v) is 16.0. The normalized spacial score (nSPS) is 16.7. The number of carbonyl (C=O) groups excluding carboxylic acids is 1. The van der Waals surface area contributed by atoms with Gasteiger partial charge in [-0.1, -0.05) is 27.7 Å². The second kappa shape index (κ2) is 21.5.